The zero-order valence-electron chi connectivity index (χ0n) is 33.1. The first-order valence-electron chi connectivity index (χ1n) is 19.3. The van der Waals surface area contributed by atoms with E-state index in [9.17, 15) is 39.0 Å². The van der Waals surface area contributed by atoms with Crippen molar-refractivity contribution in [2.45, 2.75) is 115 Å². The predicted octanol–water partition coefficient (Wildman–Crippen LogP) is -0.813. The van der Waals surface area contributed by atoms with Crippen molar-refractivity contribution < 1.29 is 43.7 Å². The highest BCUT2D eigenvalue weighted by Gasteiger charge is 2.42. The summed E-state index contributed by atoms with van der Waals surface area (Å²) in [5.74, 6) is -2.92. The lowest BCUT2D eigenvalue weighted by atomic mass is 10.0. The number of hydrogen-bond acceptors (Lipinski definition) is 11. The van der Waals surface area contributed by atoms with Gasteiger partial charge in [-0.3, -0.25) is 28.8 Å². The Morgan fingerprint density at radius 3 is 2.13 bits per heavy atom. The lowest BCUT2D eigenvalue weighted by Crippen LogP contribution is -2.59. The van der Waals surface area contributed by atoms with Crippen LogP contribution in [0.3, 0.4) is 0 Å². The number of benzene rings is 1. The molecule has 3 rings (SSSR count). The Kier molecular flexibility index (Phi) is 17.8. The average Bonchev–Trinajstić information content (AvgIpc) is 3.81. The molecule has 0 bridgehead atoms. The monoisotopic (exact) mass is 774 g/mol. The Labute approximate surface area is 324 Å². The fourth-order valence-electron chi connectivity index (χ4n) is 6.85. The number of likely N-dealkylation sites (N-methyl/N-ethyl adjacent to an activating group) is 1. The maximum Gasteiger partial charge on any atom is 0.245 e. The molecular formula is C38H62N8O9. The average molecular weight is 775 g/mol. The van der Waals surface area contributed by atoms with Gasteiger partial charge >= 0.3 is 0 Å². The molecule has 0 saturated carbocycles. The number of rotatable bonds is 20. The number of aliphatic hydroxyl groups excluding tert-OH is 1. The van der Waals surface area contributed by atoms with Crippen LogP contribution in [0.25, 0.3) is 0 Å². The summed E-state index contributed by atoms with van der Waals surface area (Å²) in [5, 5.41) is 31.0. The van der Waals surface area contributed by atoms with Crippen molar-refractivity contribution in [3.63, 3.8) is 0 Å². The van der Waals surface area contributed by atoms with Crippen LogP contribution in [0.4, 0.5) is 0 Å². The molecule has 2 aliphatic heterocycles. The van der Waals surface area contributed by atoms with E-state index in [2.05, 4.69) is 21.3 Å². The van der Waals surface area contributed by atoms with Crippen molar-refractivity contribution in [2.24, 2.45) is 11.7 Å². The third-order valence-corrected chi connectivity index (χ3v) is 10.0. The minimum atomic E-state index is -1.11. The molecular weight excluding hydrogens is 712 g/mol. The van der Waals surface area contributed by atoms with E-state index in [1.165, 1.54) is 28.9 Å². The second-order valence-corrected chi connectivity index (χ2v) is 14.8. The summed E-state index contributed by atoms with van der Waals surface area (Å²) < 4.78 is 5.73. The Balaban J connectivity index is 1.78. The Morgan fingerprint density at radius 2 is 1.53 bits per heavy atom. The molecule has 1 aromatic rings. The molecule has 6 unspecified atom stereocenters. The normalized spacial score (nSPS) is 21.0. The van der Waals surface area contributed by atoms with Gasteiger partial charge in [0.05, 0.1) is 19.3 Å². The van der Waals surface area contributed by atoms with Gasteiger partial charge in [-0.1, -0.05) is 32.9 Å². The fourth-order valence-corrected chi connectivity index (χ4v) is 6.85. The van der Waals surface area contributed by atoms with E-state index in [1.807, 2.05) is 25.9 Å². The maximum absolute atomic E-state index is 14.1. The van der Waals surface area contributed by atoms with Crippen molar-refractivity contribution >= 4 is 35.4 Å². The van der Waals surface area contributed by atoms with Gasteiger partial charge in [-0.15, -0.1) is 0 Å². The van der Waals surface area contributed by atoms with Gasteiger partial charge in [0.1, 0.15) is 36.0 Å². The van der Waals surface area contributed by atoms with Crippen LogP contribution in [-0.2, 0) is 39.9 Å². The highest BCUT2D eigenvalue weighted by molar-refractivity contribution is 5.97. The molecule has 308 valence electrons. The first-order chi connectivity index (χ1) is 26.1. The van der Waals surface area contributed by atoms with Gasteiger partial charge in [-0.25, -0.2) is 0 Å². The van der Waals surface area contributed by atoms with E-state index in [-0.39, 0.29) is 44.2 Å². The van der Waals surface area contributed by atoms with E-state index < -0.39 is 78.0 Å². The van der Waals surface area contributed by atoms with Crippen LogP contribution in [-0.4, -0.2) is 150 Å². The first kappa shape index (κ1) is 45.1. The van der Waals surface area contributed by atoms with Crippen molar-refractivity contribution in [1.29, 1.82) is 0 Å². The summed E-state index contributed by atoms with van der Waals surface area (Å²) in [6.07, 6.45) is 0.259. The largest absolute Gasteiger partial charge is 0.508 e. The third kappa shape index (κ3) is 13.1. The molecule has 0 aromatic heterocycles. The molecule has 0 spiro atoms. The summed E-state index contributed by atoms with van der Waals surface area (Å²) in [6.45, 7) is 8.04. The Hall–Kier alpha value is -4.32. The number of aliphatic hydroxyl groups is 1. The molecule has 55 heavy (non-hydrogen) atoms. The van der Waals surface area contributed by atoms with Crippen LogP contribution in [0.5, 0.6) is 5.75 Å². The predicted molar refractivity (Wildman–Crippen MR) is 204 cm³/mol. The molecule has 8 atom stereocenters. The molecule has 17 nitrogen and oxygen atoms in total. The molecule has 1 aromatic carbocycles. The number of ether oxygens (including phenoxy) is 1. The quantitative estimate of drug-likeness (QED) is 0.0810. The van der Waals surface area contributed by atoms with Gasteiger partial charge < -0.3 is 56.7 Å². The van der Waals surface area contributed by atoms with Crippen molar-refractivity contribution in [1.82, 2.24) is 36.0 Å². The van der Waals surface area contributed by atoms with E-state index in [4.69, 9.17) is 10.5 Å². The zero-order chi connectivity index (χ0) is 40.8. The molecule has 2 heterocycles. The lowest BCUT2D eigenvalue weighted by molar-refractivity contribution is -0.145. The molecule has 0 radical (unpaired) electrons. The highest BCUT2D eigenvalue weighted by Crippen LogP contribution is 2.25. The Morgan fingerprint density at radius 1 is 0.909 bits per heavy atom. The smallest absolute Gasteiger partial charge is 0.245 e. The number of amides is 6. The van der Waals surface area contributed by atoms with Gasteiger partial charge in [0.15, 0.2) is 6.23 Å². The molecule has 8 N–H and O–H groups in total. The molecule has 2 fully saturated rings. The van der Waals surface area contributed by atoms with Crippen molar-refractivity contribution in [3.05, 3.63) is 29.8 Å². The molecule has 0 aliphatic carbocycles. The highest BCUT2D eigenvalue weighted by atomic mass is 16.5. The van der Waals surface area contributed by atoms with Crippen LogP contribution in [0.15, 0.2) is 24.3 Å². The van der Waals surface area contributed by atoms with Crippen molar-refractivity contribution in [2.75, 3.05) is 46.9 Å². The van der Waals surface area contributed by atoms with E-state index in [0.29, 0.717) is 45.2 Å². The number of nitrogens with two attached hydrogens (primary N) is 1. The van der Waals surface area contributed by atoms with E-state index >= 15 is 0 Å². The minimum Gasteiger partial charge on any atom is -0.508 e. The topological polar surface area (TPSA) is 236 Å². The first-order valence-corrected chi connectivity index (χ1v) is 19.3. The number of hydrogen-bond donors (Lipinski definition) is 7. The van der Waals surface area contributed by atoms with E-state index in [0.717, 1.165) is 5.56 Å². The number of aryl methyl sites for hydroxylation is 1. The summed E-state index contributed by atoms with van der Waals surface area (Å²) in [4.78, 5) is 85.7. The number of nitrogens with one attached hydrogen (secondary N) is 4. The second-order valence-electron chi connectivity index (χ2n) is 14.8. The van der Waals surface area contributed by atoms with Gasteiger partial charge in [-0.05, 0) is 89.6 Å². The number of carbonyl (C=O) groups excluding carboxylic acids is 6. The summed E-state index contributed by atoms with van der Waals surface area (Å²) in [7, 11) is 3.75. The van der Waals surface area contributed by atoms with Gasteiger partial charge in [0, 0.05) is 19.6 Å². The molecule has 17 heteroatoms. The number of likely N-dealkylation sites (tertiary alicyclic amines) is 2. The minimum absolute atomic E-state index is 0.0158. The summed E-state index contributed by atoms with van der Waals surface area (Å²) in [5.41, 5.74) is 6.23. The number of phenolic OH excluding ortho intramolecular Hbond substituents is 1. The second kappa shape index (κ2) is 21.7. The van der Waals surface area contributed by atoms with Crippen LogP contribution >= 0.6 is 0 Å². The Bertz CT molecular complexity index is 1460. The van der Waals surface area contributed by atoms with Gasteiger partial charge in [0.2, 0.25) is 35.4 Å². The van der Waals surface area contributed by atoms with Gasteiger partial charge in [0.25, 0.3) is 0 Å². The summed E-state index contributed by atoms with van der Waals surface area (Å²) in [6, 6.07) is 1.72. The zero-order valence-corrected chi connectivity index (χ0v) is 33.1. The lowest BCUT2D eigenvalue weighted by Gasteiger charge is -2.31. The maximum atomic E-state index is 14.1. The van der Waals surface area contributed by atoms with E-state index in [1.54, 1.807) is 26.0 Å². The SMILES string of the molecule is CCC(NC(=O)CN)C(=O)N1CCCC1C(=O)NC(CCc1ccc(O)cc1)C(=O)NC(CC)C(=O)N1C[C@H](C)CC1C(=O)NC(OCCN(C)C)[C@@H](C)O. The van der Waals surface area contributed by atoms with Crippen LogP contribution in [0, 0.1) is 5.92 Å². The number of phenols is 1. The van der Waals surface area contributed by atoms with Gasteiger partial charge in [-0.2, -0.15) is 0 Å². The number of aromatic hydroxyl groups is 1. The fraction of sp³-hybridized carbons (Fsp3) is 0.684. The standard InChI is InChI=1S/C38H62N8O9/c1-7-27(40-32(49)21-39)37(53)45-17-9-10-30(45)34(51)42-29(16-13-25-11-14-26(48)15-12-25)33(50)41-28(8-2)38(54)46-22-23(3)20-31(46)35(52)43-36(24(4)47)55-19-18-44(5)6/h11-12,14-15,23-24,27-31,36,47-48H,7-10,13,16-22,39H2,1-6H3,(H,40,49)(H,41,50)(H,42,51)(H,43,52)/t23-,24-,27?,28?,29?,30?,31?,36?/m1/s1. The van der Waals surface area contributed by atoms with Crippen LogP contribution in [0.1, 0.15) is 71.8 Å². The third-order valence-electron chi connectivity index (χ3n) is 10.0. The molecule has 6 amide bonds. The number of nitrogens with zero attached hydrogens (tertiary/aromatic N) is 3. The van der Waals surface area contributed by atoms with Crippen LogP contribution in [0.2, 0.25) is 0 Å². The van der Waals surface area contributed by atoms with Crippen molar-refractivity contribution in [3.8, 4) is 5.75 Å². The van der Waals surface area contributed by atoms with Crippen LogP contribution < -0.4 is 27.0 Å². The number of carbonyl (C=O) groups is 6. The molecule has 2 saturated heterocycles. The molecule has 2 aliphatic rings. The summed E-state index contributed by atoms with van der Waals surface area (Å²) >= 11 is 0.